The Balaban J connectivity index is 1.55. The van der Waals surface area contributed by atoms with E-state index in [1.165, 1.54) is 15.3 Å². The van der Waals surface area contributed by atoms with Crippen molar-refractivity contribution in [2.75, 3.05) is 56.2 Å². The molecule has 11 heteroatoms. The number of anilines is 2. The van der Waals surface area contributed by atoms with Gasteiger partial charge in [-0.2, -0.15) is 4.31 Å². The summed E-state index contributed by atoms with van der Waals surface area (Å²) in [4.78, 5) is 25.8. The van der Waals surface area contributed by atoms with Crippen molar-refractivity contribution in [3.8, 4) is 0 Å². The third-order valence-electron chi connectivity index (χ3n) is 5.83. The zero-order valence-corrected chi connectivity index (χ0v) is 18.8. The van der Waals surface area contributed by atoms with Gasteiger partial charge < -0.3 is 9.64 Å². The molecule has 1 amide bonds. The molecule has 3 aromatic rings. The summed E-state index contributed by atoms with van der Waals surface area (Å²) in [5.41, 5.74) is 0.963. The fourth-order valence-electron chi connectivity index (χ4n) is 3.99. The number of hydrogen-bond donors (Lipinski definition) is 0. The molecule has 2 aromatic carbocycles. The molecule has 0 saturated carbocycles. The average Bonchev–Trinajstić information content (AvgIpc) is 2.84. The van der Waals surface area contributed by atoms with E-state index >= 15 is 0 Å². The maximum atomic E-state index is 14.8. The molecular formula is C22H22FN5O4S. The van der Waals surface area contributed by atoms with Gasteiger partial charge >= 0.3 is 0 Å². The normalized spacial score (nSPS) is 17.3. The van der Waals surface area contributed by atoms with Gasteiger partial charge in [0.15, 0.2) is 11.6 Å². The van der Waals surface area contributed by atoms with Crippen molar-refractivity contribution < 1.29 is 22.3 Å². The Kier molecular flexibility index (Phi) is 5.47. The molecule has 2 aliphatic heterocycles. The maximum absolute atomic E-state index is 14.8. The highest BCUT2D eigenvalue weighted by atomic mass is 32.2. The number of likely N-dealkylation sites (N-methyl/N-ethyl adjacent to an activating group) is 1. The first-order chi connectivity index (χ1) is 15.9. The highest BCUT2D eigenvalue weighted by Gasteiger charge is 2.32. The van der Waals surface area contributed by atoms with Crippen LogP contribution in [0.3, 0.4) is 0 Å². The molecule has 3 heterocycles. The molecule has 0 radical (unpaired) electrons. The first kappa shape index (κ1) is 21.7. The van der Waals surface area contributed by atoms with Crippen molar-refractivity contribution >= 4 is 38.6 Å². The van der Waals surface area contributed by atoms with Crippen LogP contribution in [-0.4, -0.2) is 75.0 Å². The van der Waals surface area contributed by atoms with Crippen LogP contribution in [-0.2, 0) is 14.8 Å². The summed E-state index contributed by atoms with van der Waals surface area (Å²) in [6.07, 6.45) is 0. The number of nitrogens with zero attached hydrogens (tertiary/aromatic N) is 5. The molecule has 2 aliphatic rings. The molecule has 0 aliphatic carbocycles. The van der Waals surface area contributed by atoms with Gasteiger partial charge in [-0.3, -0.25) is 9.69 Å². The summed E-state index contributed by atoms with van der Waals surface area (Å²) >= 11 is 0. The minimum absolute atomic E-state index is 0.131. The smallest absolute Gasteiger partial charge is 0.262 e. The Bertz CT molecular complexity index is 1340. The van der Waals surface area contributed by atoms with Gasteiger partial charge in [0, 0.05) is 33.2 Å². The molecule has 0 unspecified atom stereocenters. The Hall–Kier alpha value is -3.15. The molecule has 9 nitrogen and oxygen atoms in total. The number of rotatable bonds is 3. The van der Waals surface area contributed by atoms with Gasteiger partial charge in [0.05, 0.1) is 34.7 Å². The predicted octanol–water partition coefficient (Wildman–Crippen LogP) is 1.89. The van der Waals surface area contributed by atoms with Crippen LogP contribution in [0.25, 0.3) is 11.0 Å². The molecule has 0 atom stereocenters. The molecule has 1 aromatic heterocycles. The summed E-state index contributed by atoms with van der Waals surface area (Å²) in [5, 5.41) is 0. The number of para-hydroxylation sites is 2. The molecule has 0 N–H and O–H groups in total. The number of aromatic nitrogens is 2. The van der Waals surface area contributed by atoms with Gasteiger partial charge in [-0.1, -0.05) is 12.1 Å². The van der Waals surface area contributed by atoms with Crippen LogP contribution in [0.15, 0.2) is 47.4 Å². The highest BCUT2D eigenvalue weighted by molar-refractivity contribution is 7.89. The number of benzene rings is 2. The second kappa shape index (κ2) is 8.32. The molecule has 0 bridgehead atoms. The zero-order chi connectivity index (χ0) is 23.2. The van der Waals surface area contributed by atoms with Crippen LogP contribution >= 0.6 is 0 Å². The van der Waals surface area contributed by atoms with Gasteiger partial charge in [-0.05, 0) is 30.3 Å². The van der Waals surface area contributed by atoms with Crippen LogP contribution in [0.1, 0.15) is 10.4 Å². The number of morpholine rings is 1. The number of halogens is 1. The quantitative estimate of drug-likeness (QED) is 0.576. The molecule has 5 rings (SSSR count). The third kappa shape index (κ3) is 3.81. The van der Waals surface area contributed by atoms with E-state index in [0.717, 1.165) is 12.1 Å². The Labute approximate surface area is 190 Å². The van der Waals surface area contributed by atoms with E-state index in [-0.39, 0.29) is 43.3 Å². The van der Waals surface area contributed by atoms with E-state index < -0.39 is 21.7 Å². The zero-order valence-electron chi connectivity index (χ0n) is 17.9. The Morgan fingerprint density at radius 3 is 2.33 bits per heavy atom. The van der Waals surface area contributed by atoms with Gasteiger partial charge in [0.25, 0.3) is 5.91 Å². The monoisotopic (exact) mass is 471 g/mol. The summed E-state index contributed by atoms with van der Waals surface area (Å²) in [6.45, 7) is 1.72. The number of ether oxygens (including phenoxy) is 1. The SMILES string of the molecule is CN1CCN(C(=O)c2cc(S(=O)(=O)N3CCOCC3)ccc2F)c2nc3ccccc3nc21. The van der Waals surface area contributed by atoms with Gasteiger partial charge in [-0.15, -0.1) is 0 Å². The van der Waals surface area contributed by atoms with E-state index in [1.807, 2.05) is 30.1 Å². The van der Waals surface area contributed by atoms with E-state index in [2.05, 4.69) is 9.97 Å². The van der Waals surface area contributed by atoms with Crippen molar-refractivity contribution in [1.82, 2.24) is 14.3 Å². The number of carbonyl (C=O) groups is 1. The second-order valence-corrected chi connectivity index (χ2v) is 9.83. The van der Waals surface area contributed by atoms with Crippen LogP contribution in [0.2, 0.25) is 0 Å². The van der Waals surface area contributed by atoms with Crippen LogP contribution in [0.4, 0.5) is 16.0 Å². The molecular weight excluding hydrogens is 449 g/mol. The molecule has 1 fully saturated rings. The lowest BCUT2D eigenvalue weighted by Gasteiger charge is -2.34. The number of fused-ring (bicyclic) bond motifs is 2. The molecule has 0 spiro atoms. The minimum atomic E-state index is -3.88. The fraction of sp³-hybridized carbons (Fsp3) is 0.318. The summed E-state index contributed by atoms with van der Waals surface area (Å²) < 4.78 is 47.4. The number of sulfonamides is 1. The van der Waals surface area contributed by atoms with E-state index in [0.29, 0.717) is 29.2 Å². The van der Waals surface area contributed by atoms with Gasteiger partial charge in [0.2, 0.25) is 10.0 Å². The largest absolute Gasteiger partial charge is 0.379 e. The Morgan fingerprint density at radius 1 is 0.970 bits per heavy atom. The molecule has 172 valence electrons. The average molecular weight is 472 g/mol. The lowest BCUT2D eigenvalue weighted by molar-refractivity contribution is 0.0730. The van der Waals surface area contributed by atoms with Crippen LogP contribution in [0, 0.1) is 5.82 Å². The minimum Gasteiger partial charge on any atom is -0.379 e. The summed E-state index contributed by atoms with van der Waals surface area (Å²) in [6, 6.07) is 10.6. The number of hydrogen-bond acceptors (Lipinski definition) is 7. The molecule has 33 heavy (non-hydrogen) atoms. The molecule has 1 saturated heterocycles. The fourth-order valence-corrected chi connectivity index (χ4v) is 5.42. The first-order valence-electron chi connectivity index (χ1n) is 10.5. The van der Waals surface area contributed by atoms with E-state index in [4.69, 9.17) is 4.74 Å². The topological polar surface area (TPSA) is 95.9 Å². The second-order valence-electron chi connectivity index (χ2n) is 7.90. The first-order valence-corrected chi connectivity index (χ1v) is 12.0. The van der Waals surface area contributed by atoms with Crippen molar-refractivity contribution in [3.05, 3.63) is 53.8 Å². The lowest BCUT2D eigenvalue weighted by Crippen LogP contribution is -2.44. The lowest BCUT2D eigenvalue weighted by atomic mass is 10.1. The van der Waals surface area contributed by atoms with Crippen molar-refractivity contribution in [2.45, 2.75) is 4.90 Å². The van der Waals surface area contributed by atoms with Crippen molar-refractivity contribution in [3.63, 3.8) is 0 Å². The van der Waals surface area contributed by atoms with Crippen LogP contribution in [0.5, 0.6) is 0 Å². The summed E-state index contributed by atoms with van der Waals surface area (Å²) in [5.74, 6) is -0.639. The van der Waals surface area contributed by atoms with E-state index in [9.17, 15) is 17.6 Å². The maximum Gasteiger partial charge on any atom is 0.262 e. The van der Waals surface area contributed by atoms with Gasteiger partial charge in [-0.25, -0.2) is 22.8 Å². The highest BCUT2D eigenvalue weighted by Crippen LogP contribution is 2.32. The Morgan fingerprint density at radius 2 is 1.64 bits per heavy atom. The van der Waals surface area contributed by atoms with E-state index in [1.54, 1.807) is 6.07 Å². The van der Waals surface area contributed by atoms with Crippen molar-refractivity contribution in [1.29, 1.82) is 0 Å². The van der Waals surface area contributed by atoms with Crippen molar-refractivity contribution in [2.24, 2.45) is 0 Å². The number of amides is 1. The third-order valence-corrected chi connectivity index (χ3v) is 7.73. The predicted molar refractivity (Wildman–Crippen MR) is 120 cm³/mol. The summed E-state index contributed by atoms with van der Waals surface area (Å²) in [7, 11) is -2.04. The van der Waals surface area contributed by atoms with Crippen LogP contribution < -0.4 is 9.80 Å². The standard InChI is InChI=1S/C22H22FN5O4S/c1-26-8-9-28(21-20(26)24-18-4-2-3-5-19(18)25-21)22(29)16-14-15(6-7-17(16)23)33(30,31)27-10-12-32-13-11-27/h2-7,14H,8-13H2,1H3. The number of carbonyl (C=O) groups excluding carboxylic acids is 1. The van der Waals surface area contributed by atoms with Gasteiger partial charge in [0.1, 0.15) is 5.82 Å².